The molecule has 0 fully saturated rings. The van der Waals surface area contributed by atoms with E-state index in [0.717, 1.165) is 12.0 Å². The van der Waals surface area contributed by atoms with E-state index in [0.29, 0.717) is 23.3 Å². The maximum atomic E-state index is 14.8. The van der Waals surface area contributed by atoms with E-state index in [4.69, 9.17) is 0 Å². The van der Waals surface area contributed by atoms with E-state index in [1.54, 1.807) is 0 Å². The summed E-state index contributed by atoms with van der Waals surface area (Å²) in [5.74, 6) is -0.944. The zero-order chi connectivity index (χ0) is 27.5. The van der Waals surface area contributed by atoms with Gasteiger partial charge in [-0.15, -0.1) is 0 Å². The van der Waals surface area contributed by atoms with Gasteiger partial charge in [-0.1, -0.05) is 98.2 Å². The third-order valence-corrected chi connectivity index (χ3v) is 6.16. The minimum Gasteiger partial charge on any atom is -0.206 e. The summed E-state index contributed by atoms with van der Waals surface area (Å²) >= 11 is 0. The lowest BCUT2D eigenvalue weighted by molar-refractivity contribution is 0.339. The van der Waals surface area contributed by atoms with E-state index in [2.05, 4.69) is 73.2 Å². The van der Waals surface area contributed by atoms with Gasteiger partial charge in [0.1, 0.15) is 5.83 Å². The predicted molar refractivity (Wildman–Crippen MR) is 149 cm³/mol. The van der Waals surface area contributed by atoms with Gasteiger partial charge in [0.25, 0.3) is 0 Å². The highest BCUT2D eigenvalue weighted by atomic mass is 19.2. The number of hydrogen-bond donors (Lipinski definition) is 0. The second kappa shape index (κ2) is 15.2. The number of halogens is 3. The van der Waals surface area contributed by atoms with Crippen molar-refractivity contribution in [3.63, 3.8) is 0 Å². The van der Waals surface area contributed by atoms with Crippen LogP contribution >= 0.6 is 0 Å². The van der Waals surface area contributed by atoms with E-state index in [1.165, 1.54) is 38.0 Å². The molecular formula is C32H43F3. The van der Waals surface area contributed by atoms with Gasteiger partial charge in [0.2, 0.25) is 0 Å². The fraction of sp³-hybridized carbons (Fsp3) is 0.375. The normalized spacial score (nSPS) is 15.0. The zero-order valence-electron chi connectivity index (χ0n) is 22.5. The van der Waals surface area contributed by atoms with Gasteiger partial charge in [0, 0.05) is 11.1 Å². The van der Waals surface area contributed by atoms with Crippen LogP contribution in [0, 0.1) is 17.8 Å². The lowest BCUT2D eigenvalue weighted by Gasteiger charge is -2.19. The fourth-order valence-electron chi connectivity index (χ4n) is 2.98. The molecule has 35 heavy (non-hydrogen) atoms. The van der Waals surface area contributed by atoms with Gasteiger partial charge in [-0.25, -0.2) is 13.2 Å². The quantitative estimate of drug-likeness (QED) is 0.203. The van der Waals surface area contributed by atoms with Crippen molar-refractivity contribution >= 4 is 0 Å². The summed E-state index contributed by atoms with van der Waals surface area (Å²) in [5.41, 5.74) is 1.64. The first-order valence-corrected chi connectivity index (χ1v) is 12.0. The Labute approximate surface area is 212 Å². The van der Waals surface area contributed by atoms with E-state index < -0.39 is 17.5 Å². The minimum absolute atomic E-state index is 0.0508. The highest BCUT2D eigenvalue weighted by molar-refractivity contribution is 5.54. The van der Waals surface area contributed by atoms with Crippen molar-refractivity contribution in [1.29, 1.82) is 0 Å². The highest BCUT2D eigenvalue weighted by Crippen LogP contribution is 2.28. The van der Waals surface area contributed by atoms with Crippen LogP contribution in [0.3, 0.4) is 0 Å². The molecule has 0 aromatic rings. The van der Waals surface area contributed by atoms with Crippen LogP contribution in [0.2, 0.25) is 0 Å². The Bertz CT molecular complexity index is 976. The third-order valence-electron chi connectivity index (χ3n) is 6.16. The number of rotatable bonds is 15. The molecule has 0 nitrogen and oxygen atoms in total. The van der Waals surface area contributed by atoms with Crippen LogP contribution in [-0.2, 0) is 0 Å². The van der Waals surface area contributed by atoms with Gasteiger partial charge < -0.3 is 0 Å². The molecule has 0 radical (unpaired) electrons. The Morgan fingerprint density at radius 1 is 0.686 bits per heavy atom. The van der Waals surface area contributed by atoms with E-state index in [9.17, 15) is 13.2 Å². The molecule has 0 aliphatic carbocycles. The molecule has 0 rings (SSSR count). The Morgan fingerprint density at radius 2 is 1.20 bits per heavy atom. The van der Waals surface area contributed by atoms with Crippen molar-refractivity contribution in [2.45, 2.75) is 60.8 Å². The molecule has 0 spiro atoms. The summed E-state index contributed by atoms with van der Waals surface area (Å²) in [6, 6.07) is 0. The standard InChI is InChI=1S/C32H43F3/c1-20(2)13-14-22(5)23(6)15-16-24(7)27(10)19-30(33)28(11)25(8)17-18-26(9)29(12)32(35)31(34)21(3)4/h16-20,22-23H,3,8-15H2,1-2,4-7H3/b18-17-,24-16+,30-19+,32-31-. The van der Waals surface area contributed by atoms with Crippen LogP contribution in [0.5, 0.6) is 0 Å². The molecule has 192 valence electrons. The second-order valence-electron chi connectivity index (χ2n) is 9.82. The molecule has 0 amide bonds. The summed E-state index contributed by atoms with van der Waals surface area (Å²) in [6.07, 6.45) is 9.56. The molecule has 0 saturated carbocycles. The van der Waals surface area contributed by atoms with Crippen molar-refractivity contribution in [1.82, 2.24) is 0 Å². The molecule has 0 aliphatic heterocycles. The molecule has 3 heteroatoms. The van der Waals surface area contributed by atoms with Crippen LogP contribution < -0.4 is 0 Å². The van der Waals surface area contributed by atoms with Crippen molar-refractivity contribution in [2.75, 3.05) is 0 Å². The Kier molecular flexibility index (Phi) is 14.0. The number of hydrogen-bond acceptors (Lipinski definition) is 0. The van der Waals surface area contributed by atoms with Crippen LogP contribution in [0.25, 0.3) is 0 Å². The monoisotopic (exact) mass is 484 g/mol. The first-order valence-electron chi connectivity index (χ1n) is 12.0. The molecule has 2 atom stereocenters. The third kappa shape index (κ3) is 11.4. The van der Waals surface area contributed by atoms with E-state index >= 15 is 0 Å². The van der Waals surface area contributed by atoms with Crippen molar-refractivity contribution in [3.8, 4) is 0 Å². The molecule has 0 bridgehead atoms. The first kappa shape index (κ1) is 32.2. The Hall–Kier alpha value is -2.81. The van der Waals surface area contributed by atoms with E-state index in [1.807, 2.05) is 6.92 Å². The van der Waals surface area contributed by atoms with Gasteiger partial charge in [0.15, 0.2) is 11.7 Å². The molecule has 0 aliphatic rings. The molecule has 0 heterocycles. The summed E-state index contributed by atoms with van der Waals surface area (Å²) in [6.45, 7) is 34.3. The average Bonchev–Trinajstić information content (AvgIpc) is 2.81. The molecule has 0 aromatic carbocycles. The summed E-state index contributed by atoms with van der Waals surface area (Å²) in [7, 11) is 0. The lowest BCUT2D eigenvalue weighted by Crippen LogP contribution is -2.08. The van der Waals surface area contributed by atoms with Gasteiger partial charge >= 0.3 is 0 Å². The molecular weight excluding hydrogens is 441 g/mol. The summed E-state index contributed by atoms with van der Waals surface area (Å²) in [4.78, 5) is 0. The van der Waals surface area contributed by atoms with Gasteiger partial charge in [-0.05, 0) is 72.0 Å². The van der Waals surface area contributed by atoms with Crippen LogP contribution in [0.4, 0.5) is 13.2 Å². The second-order valence-corrected chi connectivity index (χ2v) is 9.82. The van der Waals surface area contributed by atoms with Gasteiger partial charge in [-0.3, -0.25) is 0 Å². The molecule has 2 unspecified atom stereocenters. The average molecular weight is 485 g/mol. The first-order chi connectivity index (χ1) is 16.1. The predicted octanol–water partition coefficient (Wildman–Crippen LogP) is 10.9. The number of allylic oxidation sites excluding steroid dienone is 14. The molecule has 0 N–H and O–H groups in total. The zero-order valence-corrected chi connectivity index (χ0v) is 22.5. The highest BCUT2D eigenvalue weighted by Gasteiger charge is 2.14. The van der Waals surface area contributed by atoms with Crippen molar-refractivity contribution in [3.05, 3.63) is 120 Å². The lowest BCUT2D eigenvalue weighted by atomic mass is 9.86. The van der Waals surface area contributed by atoms with Crippen molar-refractivity contribution in [2.24, 2.45) is 17.8 Å². The van der Waals surface area contributed by atoms with Gasteiger partial charge in [-0.2, -0.15) is 0 Å². The summed E-state index contributed by atoms with van der Waals surface area (Å²) in [5, 5.41) is 0. The minimum atomic E-state index is -1.13. The molecule has 0 aromatic heterocycles. The van der Waals surface area contributed by atoms with Crippen LogP contribution in [-0.4, -0.2) is 0 Å². The Balaban J connectivity index is 5.16. The van der Waals surface area contributed by atoms with Gasteiger partial charge in [0.05, 0.1) is 0 Å². The smallest absolute Gasteiger partial charge is 0.166 e. The van der Waals surface area contributed by atoms with Crippen molar-refractivity contribution < 1.29 is 13.2 Å². The fourth-order valence-corrected chi connectivity index (χ4v) is 2.98. The maximum absolute atomic E-state index is 14.8. The largest absolute Gasteiger partial charge is 0.206 e. The van der Waals surface area contributed by atoms with E-state index in [-0.39, 0.29) is 27.9 Å². The SMILES string of the molecule is C=C(/C=C\C(=C)C(=C)/C(F)=C\C(=C)/C(C)=C/CC(C)C(C)CCC(C)C)C(=C)/C(F)=C(/F)C(=C)C. The maximum Gasteiger partial charge on any atom is 0.166 e. The molecule has 0 saturated heterocycles. The summed E-state index contributed by atoms with van der Waals surface area (Å²) < 4.78 is 42.6. The topological polar surface area (TPSA) is 0 Å². The van der Waals surface area contributed by atoms with Crippen LogP contribution in [0.15, 0.2) is 120 Å². The van der Waals surface area contributed by atoms with Crippen LogP contribution in [0.1, 0.15) is 60.8 Å². The Morgan fingerprint density at radius 3 is 1.69 bits per heavy atom.